The van der Waals surface area contributed by atoms with Crippen molar-refractivity contribution in [3.8, 4) is 5.75 Å². The minimum absolute atomic E-state index is 0.446. The second kappa shape index (κ2) is 4.99. The maximum Gasteiger partial charge on any atom is 0.123 e. The number of alkyl halides is 2. The molecule has 1 aromatic carbocycles. The van der Waals surface area contributed by atoms with Crippen LogP contribution in [-0.2, 0) is 8.86 Å². The summed E-state index contributed by atoms with van der Waals surface area (Å²) >= 11 is 7.90. The van der Waals surface area contributed by atoms with Crippen molar-refractivity contribution >= 4 is 61.1 Å². The average Bonchev–Trinajstić information content (AvgIpc) is 2.08. The van der Waals surface area contributed by atoms with E-state index in [2.05, 4.69) is 61.1 Å². The van der Waals surface area contributed by atoms with Crippen LogP contribution in [0.3, 0.4) is 0 Å². The molecule has 0 atom stereocenters. The van der Waals surface area contributed by atoms with Crippen molar-refractivity contribution in [3.63, 3.8) is 0 Å². The third kappa shape index (κ3) is 2.47. The molecule has 0 radical (unpaired) electrons. The van der Waals surface area contributed by atoms with Crippen molar-refractivity contribution < 1.29 is 5.11 Å². The molecule has 0 fully saturated rings. The van der Waals surface area contributed by atoms with Gasteiger partial charge in [0.1, 0.15) is 5.75 Å². The van der Waals surface area contributed by atoms with Crippen LogP contribution in [0, 0.1) is 0 Å². The van der Waals surface area contributed by atoms with Gasteiger partial charge in [-0.25, -0.2) is 0 Å². The molecule has 1 aromatic rings. The van der Waals surface area contributed by atoms with Gasteiger partial charge in [0.05, 0.1) is 0 Å². The predicted octanol–water partition coefficient (Wildman–Crippen LogP) is 4.02. The molecule has 0 spiro atoms. The minimum Gasteiger partial charge on any atom is -0.507 e. The molecular formula is C8H7BrI2O. The van der Waals surface area contributed by atoms with Crippen LogP contribution in [0.4, 0.5) is 0 Å². The maximum atomic E-state index is 9.68. The van der Waals surface area contributed by atoms with E-state index >= 15 is 0 Å². The van der Waals surface area contributed by atoms with Crippen LogP contribution < -0.4 is 0 Å². The van der Waals surface area contributed by atoms with Gasteiger partial charge in [-0.1, -0.05) is 61.1 Å². The molecule has 4 heteroatoms. The fourth-order valence-electron chi connectivity index (χ4n) is 0.921. The Kier molecular flexibility index (Phi) is 4.59. The predicted molar refractivity (Wildman–Crippen MR) is 71.3 cm³/mol. The summed E-state index contributed by atoms with van der Waals surface area (Å²) in [5, 5.41) is 9.68. The van der Waals surface area contributed by atoms with E-state index in [0.29, 0.717) is 5.75 Å². The molecule has 0 aliphatic heterocycles. The van der Waals surface area contributed by atoms with E-state index in [9.17, 15) is 5.11 Å². The van der Waals surface area contributed by atoms with Gasteiger partial charge in [-0.2, -0.15) is 0 Å². The van der Waals surface area contributed by atoms with E-state index in [-0.39, 0.29) is 0 Å². The Morgan fingerprint density at radius 3 is 1.92 bits per heavy atom. The van der Waals surface area contributed by atoms with Crippen molar-refractivity contribution in [1.82, 2.24) is 0 Å². The molecule has 0 bridgehead atoms. The number of halogens is 3. The normalized spacial score (nSPS) is 10.2. The number of benzene rings is 1. The van der Waals surface area contributed by atoms with Gasteiger partial charge in [0.15, 0.2) is 0 Å². The van der Waals surface area contributed by atoms with Gasteiger partial charge in [-0.15, -0.1) is 0 Å². The molecule has 1 N–H and O–H groups in total. The van der Waals surface area contributed by atoms with Gasteiger partial charge in [0.25, 0.3) is 0 Å². The van der Waals surface area contributed by atoms with Gasteiger partial charge in [-0.05, 0) is 12.1 Å². The van der Waals surface area contributed by atoms with Crippen LogP contribution >= 0.6 is 61.1 Å². The van der Waals surface area contributed by atoms with Gasteiger partial charge >= 0.3 is 0 Å². The number of hydrogen-bond donors (Lipinski definition) is 1. The lowest BCUT2D eigenvalue weighted by Crippen LogP contribution is -1.86. The van der Waals surface area contributed by atoms with Crippen LogP contribution in [0.1, 0.15) is 11.1 Å². The topological polar surface area (TPSA) is 20.2 Å². The summed E-state index contributed by atoms with van der Waals surface area (Å²) in [6.45, 7) is 0. The molecule has 1 nitrogen and oxygen atoms in total. The summed E-state index contributed by atoms with van der Waals surface area (Å²) < 4.78 is 2.72. The monoisotopic (exact) mass is 452 g/mol. The molecule has 0 amide bonds. The van der Waals surface area contributed by atoms with E-state index in [0.717, 1.165) is 24.5 Å². The van der Waals surface area contributed by atoms with E-state index in [1.807, 2.05) is 12.1 Å². The number of phenols is 1. The highest BCUT2D eigenvalue weighted by Crippen LogP contribution is 2.30. The molecule has 66 valence electrons. The number of phenolic OH excluding ortho intramolecular Hbond substituents is 1. The molecule has 0 saturated heterocycles. The van der Waals surface area contributed by atoms with Gasteiger partial charge in [-0.3, -0.25) is 0 Å². The number of hydrogen-bond acceptors (Lipinski definition) is 1. The Hall–Kier alpha value is 0.960. The van der Waals surface area contributed by atoms with Crippen LogP contribution in [0.25, 0.3) is 0 Å². The van der Waals surface area contributed by atoms with Crippen molar-refractivity contribution in [1.29, 1.82) is 0 Å². The lowest BCUT2D eigenvalue weighted by molar-refractivity contribution is 0.466. The highest BCUT2D eigenvalue weighted by atomic mass is 127. The van der Waals surface area contributed by atoms with E-state index < -0.39 is 0 Å². The molecular weight excluding hydrogens is 446 g/mol. The van der Waals surface area contributed by atoms with Gasteiger partial charge in [0, 0.05) is 24.5 Å². The first kappa shape index (κ1) is 11.0. The fraction of sp³-hybridized carbons (Fsp3) is 0.250. The first-order valence-corrected chi connectivity index (χ1v) is 7.15. The molecule has 1 rings (SSSR count). The van der Waals surface area contributed by atoms with Crippen molar-refractivity contribution in [2.45, 2.75) is 8.86 Å². The van der Waals surface area contributed by atoms with Crippen molar-refractivity contribution in [3.05, 3.63) is 27.7 Å². The molecule has 0 unspecified atom stereocenters. The van der Waals surface area contributed by atoms with E-state index in [1.54, 1.807) is 0 Å². The second-order valence-corrected chi connectivity index (χ2v) is 4.78. The van der Waals surface area contributed by atoms with Crippen LogP contribution in [0.2, 0.25) is 0 Å². The van der Waals surface area contributed by atoms with Crippen molar-refractivity contribution in [2.24, 2.45) is 0 Å². The zero-order chi connectivity index (χ0) is 9.14. The quantitative estimate of drug-likeness (QED) is 0.531. The fourth-order valence-corrected chi connectivity index (χ4v) is 2.64. The Bertz CT molecular complexity index is 263. The van der Waals surface area contributed by atoms with Gasteiger partial charge < -0.3 is 5.11 Å². The summed E-state index contributed by atoms with van der Waals surface area (Å²) in [4.78, 5) is 0. The molecule has 12 heavy (non-hydrogen) atoms. The first-order valence-electron chi connectivity index (χ1n) is 3.31. The zero-order valence-corrected chi connectivity index (χ0v) is 12.1. The zero-order valence-electron chi connectivity index (χ0n) is 6.15. The van der Waals surface area contributed by atoms with Crippen LogP contribution in [-0.4, -0.2) is 5.11 Å². The number of rotatable bonds is 2. The summed E-state index contributed by atoms with van der Waals surface area (Å²) in [6.07, 6.45) is 0. The molecule has 0 aliphatic carbocycles. The Morgan fingerprint density at radius 2 is 1.58 bits per heavy atom. The third-order valence-electron chi connectivity index (χ3n) is 1.52. The summed E-state index contributed by atoms with van der Waals surface area (Å²) in [5.74, 6) is 0.446. The summed E-state index contributed by atoms with van der Waals surface area (Å²) in [7, 11) is 0. The van der Waals surface area contributed by atoms with Gasteiger partial charge in [0.2, 0.25) is 0 Å². The Labute approximate surface area is 107 Å². The Balaban J connectivity index is 3.22. The second-order valence-electron chi connectivity index (χ2n) is 2.34. The third-order valence-corrected chi connectivity index (χ3v) is 3.62. The van der Waals surface area contributed by atoms with E-state index in [4.69, 9.17) is 0 Å². The minimum atomic E-state index is 0.446. The van der Waals surface area contributed by atoms with Crippen molar-refractivity contribution in [2.75, 3.05) is 0 Å². The highest BCUT2D eigenvalue weighted by Gasteiger charge is 2.06. The standard InChI is InChI=1S/C8H7BrI2O/c9-7-1-5(3-10)8(12)6(2-7)4-11/h1-2,12H,3-4H2. The first-order chi connectivity index (χ1) is 5.69. The lowest BCUT2D eigenvalue weighted by atomic mass is 10.1. The lowest BCUT2D eigenvalue weighted by Gasteiger charge is -2.06. The SMILES string of the molecule is Oc1c(CI)cc(Br)cc1CI. The van der Waals surface area contributed by atoms with Crippen LogP contribution in [0.5, 0.6) is 5.75 Å². The van der Waals surface area contributed by atoms with Crippen LogP contribution in [0.15, 0.2) is 16.6 Å². The maximum absolute atomic E-state index is 9.68. The largest absolute Gasteiger partial charge is 0.507 e. The average molecular weight is 453 g/mol. The Morgan fingerprint density at radius 1 is 1.17 bits per heavy atom. The smallest absolute Gasteiger partial charge is 0.123 e. The summed E-state index contributed by atoms with van der Waals surface area (Å²) in [6, 6.07) is 3.91. The molecule has 0 aliphatic rings. The highest BCUT2D eigenvalue weighted by molar-refractivity contribution is 14.1. The number of aromatic hydroxyl groups is 1. The molecule has 0 aromatic heterocycles. The van der Waals surface area contributed by atoms with E-state index in [1.165, 1.54) is 0 Å². The summed E-state index contributed by atoms with van der Waals surface area (Å²) in [5.41, 5.74) is 1.99. The molecule has 0 saturated carbocycles. The molecule has 0 heterocycles.